The Bertz CT molecular complexity index is 476. The molecule has 0 radical (unpaired) electrons. The zero-order chi connectivity index (χ0) is 14.0. The number of benzene rings is 1. The van der Waals surface area contributed by atoms with E-state index in [4.69, 9.17) is 0 Å². The molecular weight excluding hydrogens is 236 g/mol. The Labute approximate surface area is 115 Å². The molecule has 1 aromatic carbocycles. The molecule has 19 heavy (non-hydrogen) atoms. The average molecular weight is 260 g/mol. The van der Waals surface area contributed by atoms with Crippen LogP contribution in [0.3, 0.4) is 0 Å². The Balaban J connectivity index is 2.10. The van der Waals surface area contributed by atoms with Crippen molar-refractivity contribution in [3.8, 4) is 0 Å². The first-order chi connectivity index (χ1) is 8.92. The summed E-state index contributed by atoms with van der Waals surface area (Å²) in [7, 11) is 0. The molecule has 104 valence electrons. The Morgan fingerprint density at radius 1 is 1.42 bits per heavy atom. The Morgan fingerprint density at radius 2 is 2.16 bits per heavy atom. The standard InChI is InChI=1S/C16H24N2O/c1-11-6-7-12(2)14(10-11)13(3)18-15(19)16(4)8-5-9-17-16/h6-7,10,13,17H,5,8-9H2,1-4H3,(H,18,19). The zero-order valence-corrected chi connectivity index (χ0v) is 12.3. The minimum Gasteiger partial charge on any atom is -0.348 e. The average Bonchev–Trinajstić information content (AvgIpc) is 2.80. The third-order valence-corrected chi connectivity index (χ3v) is 4.12. The number of hydrogen-bond acceptors (Lipinski definition) is 2. The maximum Gasteiger partial charge on any atom is 0.240 e. The molecule has 3 nitrogen and oxygen atoms in total. The van der Waals surface area contributed by atoms with E-state index in [0.29, 0.717) is 0 Å². The molecule has 1 aliphatic heterocycles. The van der Waals surface area contributed by atoms with E-state index in [9.17, 15) is 4.79 Å². The van der Waals surface area contributed by atoms with Crippen LogP contribution in [0.1, 0.15) is 49.4 Å². The van der Waals surface area contributed by atoms with E-state index in [0.717, 1.165) is 19.4 Å². The molecule has 0 bridgehead atoms. The summed E-state index contributed by atoms with van der Waals surface area (Å²) in [6, 6.07) is 6.42. The highest BCUT2D eigenvalue weighted by Gasteiger charge is 2.36. The van der Waals surface area contributed by atoms with Crippen LogP contribution in [0.2, 0.25) is 0 Å². The second kappa shape index (κ2) is 5.33. The van der Waals surface area contributed by atoms with Crippen LogP contribution in [-0.2, 0) is 4.79 Å². The van der Waals surface area contributed by atoms with Gasteiger partial charge in [-0.15, -0.1) is 0 Å². The van der Waals surface area contributed by atoms with Gasteiger partial charge in [0.1, 0.15) is 0 Å². The molecule has 1 aliphatic rings. The van der Waals surface area contributed by atoms with E-state index < -0.39 is 5.54 Å². The third-order valence-electron chi connectivity index (χ3n) is 4.12. The van der Waals surface area contributed by atoms with Crippen LogP contribution in [0, 0.1) is 13.8 Å². The summed E-state index contributed by atoms with van der Waals surface area (Å²) >= 11 is 0. The van der Waals surface area contributed by atoms with Crippen molar-refractivity contribution in [3.05, 3.63) is 34.9 Å². The van der Waals surface area contributed by atoms with Gasteiger partial charge in [-0.2, -0.15) is 0 Å². The molecule has 0 saturated carbocycles. The van der Waals surface area contributed by atoms with Crippen molar-refractivity contribution in [3.63, 3.8) is 0 Å². The summed E-state index contributed by atoms with van der Waals surface area (Å²) in [4.78, 5) is 12.4. The largest absolute Gasteiger partial charge is 0.348 e. The first kappa shape index (κ1) is 14.1. The van der Waals surface area contributed by atoms with Crippen molar-refractivity contribution < 1.29 is 4.79 Å². The molecule has 1 heterocycles. The van der Waals surface area contributed by atoms with Crippen LogP contribution in [0.25, 0.3) is 0 Å². The van der Waals surface area contributed by atoms with Gasteiger partial charge in [0.2, 0.25) is 5.91 Å². The Hall–Kier alpha value is -1.35. The van der Waals surface area contributed by atoms with Gasteiger partial charge in [0.15, 0.2) is 0 Å². The van der Waals surface area contributed by atoms with Gasteiger partial charge < -0.3 is 10.6 Å². The maximum atomic E-state index is 12.4. The van der Waals surface area contributed by atoms with E-state index in [-0.39, 0.29) is 11.9 Å². The van der Waals surface area contributed by atoms with Crippen molar-refractivity contribution in [2.45, 2.75) is 52.1 Å². The fourth-order valence-electron chi connectivity index (χ4n) is 2.75. The molecule has 2 unspecified atom stereocenters. The molecule has 3 heteroatoms. The van der Waals surface area contributed by atoms with Gasteiger partial charge in [0.05, 0.1) is 11.6 Å². The van der Waals surface area contributed by atoms with E-state index in [1.807, 2.05) is 6.92 Å². The minimum absolute atomic E-state index is 0.0478. The summed E-state index contributed by atoms with van der Waals surface area (Å²) in [5.74, 6) is 0.110. The number of rotatable bonds is 3. The highest BCUT2D eigenvalue weighted by Crippen LogP contribution is 2.23. The van der Waals surface area contributed by atoms with Crippen LogP contribution in [0.15, 0.2) is 18.2 Å². The summed E-state index contributed by atoms with van der Waals surface area (Å²) in [5, 5.41) is 6.45. The molecular formula is C16H24N2O. The van der Waals surface area contributed by atoms with Gasteiger partial charge in [0.25, 0.3) is 0 Å². The van der Waals surface area contributed by atoms with E-state index in [2.05, 4.69) is 49.6 Å². The molecule has 1 saturated heterocycles. The number of amides is 1. The number of hydrogen-bond donors (Lipinski definition) is 2. The van der Waals surface area contributed by atoms with Crippen LogP contribution >= 0.6 is 0 Å². The predicted molar refractivity (Wildman–Crippen MR) is 78.1 cm³/mol. The molecule has 2 rings (SSSR count). The second-order valence-corrected chi connectivity index (χ2v) is 5.92. The quantitative estimate of drug-likeness (QED) is 0.877. The van der Waals surface area contributed by atoms with Crippen molar-refractivity contribution in [2.75, 3.05) is 6.54 Å². The minimum atomic E-state index is -0.397. The zero-order valence-electron chi connectivity index (χ0n) is 12.3. The fourth-order valence-corrected chi connectivity index (χ4v) is 2.75. The smallest absolute Gasteiger partial charge is 0.240 e. The van der Waals surface area contributed by atoms with Crippen molar-refractivity contribution >= 4 is 5.91 Å². The van der Waals surface area contributed by atoms with Crippen LogP contribution in [-0.4, -0.2) is 18.0 Å². The lowest BCUT2D eigenvalue weighted by Gasteiger charge is -2.26. The van der Waals surface area contributed by atoms with Crippen molar-refractivity contribution in [1.29, 1.82) is 0 Å². The molecule has 2 N–H and O–H groups in total. The van der Waals surface area contributed by atoms with Gasteiger partial charge in [-0.3, -0.25) is 4.79 Å². The lowest BCUT2D eigenvalue weighted by Crippen LogP contribution is -2.51. The Kier molecular flexibility index (Phi) is 3.95. The number of carbonyl (C=O) groups excluding carboxylic acids is 1. The topological polar surface area (TPSA) is 41.1 Å². The van der Waals surface area contributed by atoms with Gasteiger partial charge in [-0.05, 0) is 58.2 Å². The van der Waals surface area contributed by atoms with Crippen molar-refractivity contribution in [2.24, 2.45) is 0 Å². The lowest BCUT2D eigenvalue weighted by molar-refractivity contribution is -0.127. The second-order valence-electron chi connectivity index (χ2n) is 5.92. The highest BCUT2D eigenvalue weighted by atomic mass is 16.2. The summed E-state index contributed by atoms with van der Waals surface area (Å²) in [6.45, 7) is 9.15. The van der Waals surface area contributed by atoms with E-state index in [1.165, 1.54) is 16.7 Å². The summed E-state index contributed by atoms with van der Waals surface area (Å²) in [5.41, 5.74) is 3.26. The molecule has 1 aromatic rings. The summed E-state index contributed by atoms with van der Waals surface area (Å²) < 4.78 is 0. The van der Waals surface area contributed by atoms with Gasteiger partial charge in [0, 0.05) is 0 Å². The number of aryl methyl sites for hydroxylation is 2. The first-order valence-electron chi connectivity index (χ1n) is 7.05. The lowest BCUT2D eigenvalue weighted by atomic mass is 9.96. The SMILES string of the molecule is Cc1ccc(C)c(C(C)NC(=O)C2(C)CCCN2)c1. The van der Waals surface area contributed by atoms with Crippen LogP contribution in [0.4, 0.5) is 0 Å². The monoisotopic (exact) mass is 260 g/mol. The summed E-state index contributed by atoms with van der Waals surface area (Å²) in [6.07, 6.45) is 1.99. The fraction of sp³-hybridized carbons (Fsp3) is 0.562. The predicted octanol–water partition coefficient (Wildman–Crippen LogP) is 2.62. The number of carbonyl (C=O) groups is 1. The highest BCUT2D eigenvalue weighted by molar-refractivity contribution is 5.86. The molecule has 2 atom stereocenters. The van der Waals surface area contributed by atoms with Crippen LogP contribution < -0.4 is 10.6 Å². The molecule has 1 amide bonds. The molecule has 0 aliphatic carbocycles. The van der Waals surface area contributed by atoms with Crippen molar-refractivity contribution in [1.82, 2.24) is 10.6 Å². The van der Waals surface area contributed by atoms with Gasteiger partial charge in [-0.25, -0.2) is 0 Å². The number of nitrogens with one attached hydrogen (secondary N) is 2. The third kappa shape index (κ3) is 2.98. The van der Waals surface area contributed by atoms with E-state index in [1.54, 1.807) is 0 Å². The Morgan fingerprint density at radius 3 is 2.79 bits per heavy atom. The molecule has 1 fully saturated rings. The van der Waals surface area contributed by atoms with Gasteiger partial charge >= 0.3 is 0 Å². The normalized spacial score (nSPS) is 24.2. The maximum absolute atomic E-state index is 12.4. The van der Waals surface area contributed by atoms with Crippen LogP contribution in [0.5, 0.6) is 0 Å². The molecule has 0 spiro atoms. The first-order valence-corrected chi connectivity index (χ1v) is 7.05. The van der Waals surface area contributed by atoms with E-state index >= 15 is 0 Å². The molecule has 0 aromatic heterocycles. The van der Waals surface area contributed by atoms with Gasteiger partial charge in [-0.1, -0.05) is 23.8 Å².